The normalized spacial score (nSPS) is 11.2. The van der Waals surface area contributed by atoms with Crippen LogP contribution in [0.3, 0.4) is 0 Å². The van der Waals surface area contributed by atoms with Crippen molar-refractivity contribution in [3.63, 3.8) is 0 Å². The van der Waals surface area contributed by atoms with Crippen LogP contribution in [0.15, 0.2) is 36.4 Å². The molecule has 344 valence electrons. The van der Waals surface area contributed by atoms with Crippen molar-refractivity contribution in [3.05, 3.63) is 70.3 Å². The van der Waals surface area contributed by atoms with Crippen molar-refractivity contribution in [1.82, 2.24) is 10.2 Å². The number of rotatable bonds is 29. The van der Waals surface area contributed by atoms with E-state index < -0.39 is 46.3 Å². The molecule has 5 N–H and O–H groups in total. The van der Waals surface area contributed by atoms with Gasteiger partial charge in [0.25, 0.3) is 0 Å². The highest BCUT2D eigenvalue weighted by atomic mass is 19.2. The summed E-state index contributed by atoms with van der Waals surface area (Å²) in [6.45, 7) is 8.45. The van der Waals surface area contributed by atoms with Gasteiger partial charge < -0.3 is 25.7 Å². The lowest BCUT2D eigenvalue weighted by atomic mass is 9.87. The van der Waals surface area contributed by atoms with Gasteiger partial charge in [-0.2, -0.15) is 0 Å². The number of aliphatic carboxylic acids is 4. The number of hydrogen-bond acceptors (Lipinski definition) is 6. The summed E-state index contributed by atoms with van der Waals surface area (Å²) in [6, 6.07) is 11.9. The Kier molecular flexibility index (Phi) is 27.7. The topological polar surface area (TPSA) is 164 Å². The molecule has 0 aliphatic carbocycles. The molecule has 0 radical (unpaired) electrons. The molecule has 62 heavy (non-hydrogen) atoms. The Hall–Kier alpha value is -4.78. The van der Waals surface area contributed by atoms with Gasteiger partial charge in [-0.15, -0.1) is 11.8 Å². The second kappa shape index (κ2) is 31.1. The van der Waals surface area contributed by atoms with Crippen molar-refractivity contribution < 1.29 is 48.4 Å². The summed E-state index contributed by atoms with van der Waals surface area (Å²) in [5.74, 6) is 3.60. The van der Waals surface area contributed by atoms with Crippen LogP contribution in [0.1, 0.15) is 153 Å². The smallest absolute Gasteiger partial charge is 0.321 e. The molecule has 0 aromatic heterocycles. The van der Waals surface area contributed by atoms with Gasteiger partial charge in [0.2, 0.25) is 0 Å². The summed E-state index contributed by atoms with van der Waals surface area (Å²) < 4.78 is 28.7. The monoisotopic (exact) mass is 867 g/mol. The van der Waals surface area contributed by atoms with E-state index in [1.807, 2.05) is 11.9 Å². The molecule has 0 unspecified atom stereocenters. The maximum Gasteiger partial charge on any atom is 0.321 e. The van der Waals surface area contributed by atoms with Gasteiger partial charge in [0, 0.05) is 25.9 Å². The van der Waals surface area contributed by atoms with E-state index in [0.29, 0.717) is 25.1 Å². The quantitative estimate of drug-likeness (QED) is 0.0302. The fourth-order valence-electron chi connectivity index (χ4n) is 6.34. The number of halogens is 2. The maximum atomic E-state index is 14.3. The van der Waals surface area contributed by atoms with Crippen LogP contribution < -0.4 is 5.32 Å². The number of nitrogens with one attached hydrogen (secondary N) is 1. The Balaban J connectivity index is 0.000000621. The molecule has 0 amide bonds. The predicted molar refractivity (Wildman–Crippen MR) is 241 cm³/mol. The van der Waals surface area contributed by atoms with Crippen molar-refractivity contribution in [2.24, 2.45) is 10.8 Å². The van der Waals surface area contributed by atoms with Crippen molar-refractivity contribution in [2.45, 2.75) is 156 Å². The Morgan fingerprint density at radius 3 is 1.44 bits per heavy atom. The van der Waals surface area contributed by atoms with E-state index in [2.05, 4.69) is 67.1 Å². The molecule has 0 aliphatic rings. The molecule has 12 heteroatoms. The molecule has 0 saturated heterocycles. The van der Waals surface area contributed by atoms with Crippen molar-refractivity contribution in [2.75, 3.05) is 26.7 Å². The van der Waals surface area contributed by atoms with Crippen molar-refractivity contribution in [1.29, 1.82) is 0 Å². The number of carbonyl (C=O) groups is 4. The number of aryl methyl sites for hydroxylation is 2. The van der Waals surface area contributed by atoms with Crippen LogP contribution in [-0.2, 0) is 45.0 Å². The third-order valence-corrected chi connectivity index (χ3v) is 11.0. The van der Waals surface area contributed by atoms with Gasteiger partial charge in [-0.25, -0.2) is 8.78 Å². The summed E-state index contributed by atoms with van der Waals surface area (Å²) in [5, 5.41) is 39.1. The Labute approximate surface area is 369 Å². The Morgan fingerprint density at radius 1 is 0.565 bits per heavy atom. The first-order valence-corrected chi connectivity index (χ1v) is 22.3. The minimum atomic E-state index is -1.95. The number of hydrogen-bond donors (Lipinski definition) is 5. The van der Waals surface area contributed by atoms with E-state index in [0.717, 1.165) is 39.2 Å². The molecular formula is C50H72F2N2O8. The minimum Gasteiger partial charge on any atom is -0.480 e. The van der Waals surface area contributed by atoms with Gasteiger partial charge in [-0.05, 0) is 75.3 Å². The van der Waals surface area contributed by atoms with Gasteiger partial charge in [0.15, 0.2) is 22.5 Å². The standard InChI is InChI=1S/C25H35F2NO4.C25H37NO4/c1-3-4-5-6-7-8-9-12-19-13-14-20(22(27)21(19)26)15-18-28-17-11-10-16-25(2,23(29)30)24(31)32;1-4-5-6-7-8-9-10-13-21-14-16-22(17-15-21)20-26(3)19-12-11-18-25(2,23(27)28)24(29)30/h13-14,28H,3-9,12,15-18H2,1-2H3,(H,29,30)(H,31,32);14-17H,4-10,13,18-20H2,1-3H3,(H,27,28)(H,29,30). The van der Waals surface area contributed by atoms with Gasteiger partial charge in [0.1, 0.15) is 0 Å². The molecule has 0 fully saturated rings. The molecule has 2 aromatic carbocycles. The Morgan fingerprint density at radius 2 is 0.968 bits per heavy atom. The van der Waals surface area contributed by atoms with E-state index in [9.17, 15) is 28.0 Å². The van der Waals surface area contributed by atoms with Gasteiger partial charge in [-0.1, -0.05) is 139 Å². The van der Waals surface area contributed by atoms with Crippen LogP contribution in [-0.4, -0.2) is 75.9 Å². The molecule has 10 nitrogen and oxygen atoms in total. The first-order valence-electron chi connectivity index (χ1n) is 22.3. The summed E-state index contributed by atoms with van der Waals surface area (Å²) in [5.41, 5.74) is -0.546. The highest BCUT2D eigenvalue weighted by molar-refractivity contribution is 5.98. The van der Waals surface area contributed by atoms with Gasteiger partial charge in [0.05, 0.1) is 13.1 Å². The van der Waals surface area contributed by atoms with E-state index in [-0.39, 0.29) is 31.4 Å². The zero-order valence-corrected chi connectivity index (χ0v) is 37.9. The summed E-state index contributed by atoms with van der Waals surface area (Å²) >= 11 is 0. The number of benzene rings is 2. The second-order valence-corrected chi connectivity index (χ2v) is 16.6. The van der Waals surface area contributed by atoms with E-state index in [4.69, 9.17) is 20.4 Å². The van der Waals surface area contributed by atoms with E-state index >= 15 is 0 Å². The lowest BCUT2D eigenvalue weighted by Gasteiger charge is -2.16. The molecule has 0 saturated carbocycles. The maximum absolute atomic E-state index is 14.3. The molecule has 0 heterocycles. The van der Waals surface area contributed by atoms with Crippen LogP contribution >= 0.6 is 0 Å². The van der Waals surface area contributed by atoms with Crippen molar-refractivity contribution in [3.8, 4) is 23.7 Å². The van der Waals surface area contributed by atoms with Gasteiger partial charge >= 0.3 is 23.9 Å². The summed E-state index contributed by atoms with van der Waals surface area (Å²) in [4.78, 5) is 46.4. The fraction of sp³-hybridized carbons (Fsp3) is 0.600. The van der Waals surface area contributed by atoms with Gasteiger partial charge in [-0.3, -0.25) is 24.1 Å². The minimum absolute atomic E-state index is 0.190. The first-order chi connectivity index (χ1) is 29.5. The Bertz CT molecular complexity index is 1760. The zero-order chi connectivity index (χ0) is 46.4. The number of carboxylic acid groups (broad SMARTS) is 4. The average molecular weight is 867 g/mol. The molecular weight excluding hydrogens is 795 g/mol. The lowest BCUT2D eigenvalue weighted by molar-refractivity contribution is -0.164. The zero-order valence-electron chi connectivity index (χ0n) is 37.9. The molecule has 0 atom stereocenters. The van der Waals surface area contributed by atoms with E-state index in [1.165, 1.54) is 88.7 Å². The average Bonchev–Trinajstić information content (AvgIpc) is 3.23. The van der Waals surface area contributed by atoms with Crippen LogP contribution in [0.4, 0.5) is 8.78 Å². The molecule has 0 spiro atoms. The van der Waals surface area contributed by atoms with Crippen molar-refractivity contribution >= 4 is 23.9 Å². The highest BCUT2D eigenvalue weighted by Gasteiger charge is 2.41. The molecule has 0 bridgehead atoms. The number of nitrogens with zero attached hydrogens (tertiary/aromatic N) is 1. The fourth-order valence-corrected chi connectivity index (χ4v) is 6.34. The predicted octanol–water partition coefficient (Wildman–Crippen LogP) is 9.94. The SMILES string of the molecule is CCCCCCCCCc1ccc(CCNCC#CCC(C)(C(=O)O)C(=O)O)c(F)c1F.CCCCCCCCCc1ccc(CN(C)CC#CCC(C)(C(=O)O)C(=O)O)cc1. The number of unbranched alkanes of at least 4 members (excludes halogenated alkanes) is 12. The molecule has 0 aliphatic heterocycles. The largest absolute Gasteiger partial charge is 0.480 e. The van der Waals surface area contributed by atoms with Crippen LogP contribution in [0.2, 0.25) is 0 Å². The van der Waals surface area contributed by atoms with Crippen LogP contribution in [0.25, 0.3) is 0 Å². The summed E-state index contributed by atoms with van der Waals surface area (Å²) in [7, 11) is 1.94. The highest BCUT2D eigenvalue weighted by Crippen LogP contribution is 2.23. The van der Waals surface area contributed by atoms with Crippen LogP contribution in [0.5, 0.6) is 0 Å². The molecule has 2 rings (SSSR count). The van der Waals surface area contributed by atoms with Crippen LogP contribution in [0, 0.1) is 46.1 Å². The second-order valence-electron chi connectivity index (χ2n) is 16.6. The summed E-state index contributed by atoms with van der Waals surface area (Å²) in [6.07, 6.45) is 18.5. The third kappa shape index (κ3) is 21.3. The number of carboxylic acids is 4. The molecule has 2 aromatic rings. The lowest BCUT2D eigenvalue weighted by Crippen LogP contribution is -2.35. The van der Waals surface area contributed by atoms with E-state index in [1.54, 1.807) is 12.1 Å². The first kappa shape index (κ1) is 55.2. The third-order valence-electron chi connectivity index (χ3n) is 11.0.